The summed E-state index contributed by atoms with van der Waals surface area (Å²) in [6.45, 7) is 0. The predicted molar refractivity (Wildman–Crippen MR) is 212 cm³/mol. The van der Waals surface area contributed by atoms with Gasteiger partial charge in [0.15, 0.2) is 5.58 Å². The van der Waals surface area contributed by atoms with E-state index in [2.05, 4.69) is 161 Å². The Hall–Kier alpha value is -5.50. The number of hydrogen-bond acceptors (Lipinski definition) is 4. The molecule has 11 rings (SSSR count). The van der Waals surface area contributed by atoms with Crippen molar-refractivity contribution in [2.24, 2.45) is 0 Å². The third kappa shape index (κ3) is 4.58. The molecule has 51 heavy (non-hydrogen) atoms. The lowest BCUT2D eigenvalue weighted by Crippen LogP contribution is -2.46. The number of fused-ring (bicyclic) bond motifs is 10. The van der Waals surface area contributed by atoms with Gasteiger partial charge in [-0.25, -0.2) is 0 Å². The van der Waals surface area contributed by atoms with E-state index >= 15 is 0 Å². The van der Waals surface area contributed by atoms with E-state index < -0.39 is 0 Å². The summed E-state index contributed by atoms with van der Waals surface area (Å²) in [5.74, 6) is 0. The molecule has 246 valence electrons. The number of nitrogens with zero attached hydrogens (tertiary/aromatic N) is 2. The van der Waals surface area contributed by atoms with E-state index in [0.717, 1.165) is 40.3 Å². The van der Waals surface area contributed by atoms with Crippen LogP contribution in [0.15, 0.2) is 144 Å². The molecule has 0 saturated carbocycles. The summed E-state index contributed by atoms with van der Waals surface area (Å²) in [6, 6.07) is 47.8. The lowest BCUT2D eigenvalue weighted by Gasteiger charge is -2.51. The Bertz CT molecular complexity index is 2810. The number of aromatic nitrogens is 1. The summed E-state index contributed by atoms with van der Waals surface area (Å²) in [5.41, 5.74) is 10.4. The first kappa shape index (κ1) is 29.3. The summed E-state index contributed by atoms with van der Waals surface area (Å²) in [5, 5.41) is 19.4. The van der Waals surface area contributed by atoms with Gasteiger partial charge in [-0.3, -0.25) is 5.32 Å². The van der Waals surface area contributed by atoms with Crippen LogP contribution in [0, 0.1) is 0 Å². The number of allylic oxidation sites excluding steroid dienone is 1. The molecule has 5 nitrogen and oxygen atoms in total. The Morgan fingerprint density at radius 1 is 0.706 bits per heavy atom. The maximum atomic E-state index is 6.80. The number of furan rings is 1. The van der Waals surface area contributed by atoms with Crippen LogP contribution in [0.3, 0.4) is 0 Å². The number of benzene rings is 6. The molecule has 1 saturated heterocycles. The average molecular weight is 678 g/mol. The smallest absolute Gasteiger partial charge is 0.153 e. The average Bonchev–Trinajstić information content (AvgIpc) is 3.88. The molecule has 0 amide bonds. The van der Waals surface area contributed by atoms with Crippen molar-refractivity contribution in [3.63, 3.8) is 0 Å². The topological polar surface area (TPSA) is 56.2 Å². The molecular formula is C45H33N4OS-. The second kappa shape index (κ2) is 11.5. The zero-order chi connectivity index (χ0) is 33.5. The van der Waals surface area contributed by atoms with Crippen LogP contribution in [0.5, 0.6) is 0 Å². The van der Waals surface area contributed by atoms with E-state index in [4.69, 9.17) is 9.73 Å². The van der Waals surface area contributed by atoms with E-state index in [0.29, 0.717) is 0 Å². The van der Waals surface area contributed by atoms with Crippen LogP contribution < -0.4 is 10.6 Å². The number of para-hydroxylation sites is 1. The van der Waals surface area contributed by atoms with E-state index in [9.17, 15) is 0 Å². The molecular weight excluding hydrogens is 645 g/mol. The maximum absolute atomic E-state index is 6.80. The van der Waals surface area contributed by atoms with Gasteiger partial charge < -0.3 is 19.6 Å². The van der Waals surface area contributed by atoms with Gasteiger partial charge >= 0.3 is 0 Å². The fraction of sp³-hybridized carbons (Fsp3) is 0.111. The van der Waals surface area contributed by atoms with Gasteiger partial charge in [-0.1, -0.05) is 121 Å². The van der Waals surface area contributed by atoms with Crippen LogP contribution in [-0.4, -0.2) is 4.57 Å². The Kier molecular flexibility index (Phi) is 6.61. The summed E-state index contributed by atoms with van der Waals surface area (Å²) >= 11 is 1.81. The quantitative estimate of drug-likeness (QED) is 0.195. The highest BCUT2D eigenvalue weighted by atomic mass is 32.1. The van der Waals surface area contributed by atoms with Crippen molar-refractivity contribution in [3.8, 4) is 11.1 Å². The number of nitrogens with one attached hydrogen (secondary N) is 2. The number of rotatable bonds is 4. The largest absolute Gasteiger partial charge is 0.610 e. The van der Waals surface area contributed by atoms with Crippen LogP contribution in [0.25, 0.3) is 75.5 Å². The van der Waals surface area contributed by atoms with Crippen LogP contribution in [0.1, 0.15) is 47.4 Å². The van der Waals surface area contributed by atoms with Crippen LogP contribution in [0.4, 0.5) is 0 Å². The fourth-order valence-electron chi connectivity index (χ4n) is 8.40. The van der Waals surface area contributed by atoms with E-state index in [-0.39, 0.29) is 18.6 Å². The molecule has 0 spiro atoms. The highest BCUT2D eigenvalue weighted by molar-refractivity contribution is 7.26. The van der Waals surface area contributed by atoms with Crippen molar-refractivity contribution in [2.45, 2.75) is 31.5 Å². The fourth-order valence-corrected chi connectivity index (χ4v) is 9.57. The van der Waals surface area contributed by atoms with Gasteiger partial charge in [-0.05, 0) is 71.7 Å². The first-order valence-electron chi connectivity index (χ1n) is 17.7. The Morgan fingerprint density at radius 3 is 2.43 bits per heavy atom. The minimum atomic E-state index is -0.284. The molecule has 2 N–H and O–H groups in total. The van der Waals surface area contributed by atoms with Gasteiger partial charge in [0.25, 0.3) is 0 Å². The molecule has 6 heteroatoms. The zero-order valence-corrected chi connectivity index (χ0v) is 28.5. The van der Waals surface area contributed by atoms with Gasteiger partial charge in [-0.15, -0.1) is 11.3 Å². The molecule has 4 heterocycles. The third-order valence-corrected chi connectivity index (χ3v) is 11.9. The first-order valence-corrected chi connectivity index (χ1v) is 18.5. The SMILES string of the molecule is C1=Cc2c(n(C3[N-]C(c4cccc5oc6c(ccc7c8cc(-c9ccccc9)ccc8sc76)c45)NC(c4ccccc4)N3)c3ccccc23)CC1. The zero-order valence-electron chi connectivity index (χ0n) is 27.7. The molecule has 0 radical (unpaired) electrons. The minimum Gasteiger partial charge on any atom is -0.610 e. The highest BCUT2D eigenvalue weighted by Crippen LogP contribution is 2.46. The molecule has 3 atom stereocenters. The first-order chi connectivity index (χ1) is 25.3. The Balaban J connectivity index is 1.07. The van der Waals surface area contributed by atoms with E-state index in [1.54, 1.807) is 0 Å². The molecule has 6 aromatic carbocycles. The van der Waals surface area contributed by atoms with Crippen molar-refractivity contribution in [1.29, 1.82) is 0 Å². The molecule has 1 aliphatic carbocycles. The van der Waals surface area contributed by atoms with Gasteiger partial charge in [0, 0.05) is 48.4 Å². The van der Waals surface area contributed by atoms with E-state index in [1.807, 2.05) is 11.3 Å². The molecule has 1 aliphatic heterocycles. The van der Waals surface area contributed by atoms with Crippen molar-refractivity contribution >= 4 is 70.4 Å². The third-order valence-electron chi connectivity index (χ3n) is 10.7. The molecule has 3 unspecified atom stereocenters. The van der Waals surface area contributed by atoms with Crippen molar-refractivity contribution in [2.75, 3.05) is 0 Å². The molecule has 3 aromatic heterocycles. The van der Waals surface area contributed by atoms with Gasteiger partial charge in [0.1, 0.15) is 5.58 Å². The lowest BCUT2D eigenvalue weighted by atomic mass is 10.0. The minimum absolute atomic E-state index is 0.115. The van der Waals surface area contributed by atoms with Gasteiger partial charge in [0.05, 0.1) is 10.9 Å². The highest BCUT2D eigenvalue weighted by Gasteiger charge is 2.28. The second-order valence-electron chi connectivity index (χ2n) is 13.6. The summed E-state index contributed by atoms with van der Waals surface area (Å²) in [6.07, 6.45) is 5.93. The monoisotopic (exact) mass is 677 g/mol. The number of hydrogen-bond donors (Lipinski definition) is 2. The lowest BCUT2D eigenvalue weighted by molar-refractivity contribution is 0.269. The van der Waals surface area contributed by atoms with Crippen LogP contribution in [-0.2, 0) is 6.42 Å². The second-order valence-corrected chi connectivity index (χ2v) is 14.7. The normalized spacial score (nSPS) is 19.1. The van der Waals surface area contributed by atoms with Crippen molar-refractivity contribution in [3.05, 3.63) is 167 Å². The van der Waals surface area contributed by atoms with Crippen LogP contribution >= 0.6 is 11.3 Å². The standard InChI is InChI=1S/C45H33N4OS/c1-3-12-27(13-4-1)29-22-25-39-35(26-29)32-23-24-33-40-34(18-11-21-38(40)50-41(33)42(32)51-39)44-46-43(28-14-5-2-6-15-28)47-45(48-44)49-36-19-9-7-16-30(36)31-17-8-10-20-37(31)49/h1-9,11-19,21-26,43-47H,10,20H2/q-1. The Labute approximate surface area is 298 Å². The van der Waals surface area contributed by atoms with Crippen molar-refractivity contribution < 1.29 is 4.42 Å². The molecule has 0 bridgehead atoms. The summed E-state index contributed by atoms with van der Waals surface area (Å²) < 4.78 is 11.7. The van der Waals surface area contributed by atoms with E-state index in [1.165, 1.54) is 59.0 Å². The molecule has 1 fully saturated rings. The molecule has 2 aliphatic rings. The summed E-state index contributed by atoms with van der Waals surface area (Å²) in [7, 11) is 0. The van der Waals surface area contributed by atoms with Crippen molar-refractivity contribution in [1.82, 2.24) is 15.2 Å². The number of thiophene rings is 1. The van der Waals surface area contributed by atoms with Crippen LogP contribution in [0.2, 0.25) is 0 Å². The van der Waals surface area contributed by atoms with Gasteiger partial charge in [0.2, 0.25) is 0 Å². The summed E-state index contributed by atoms with van der Waals surface area (Å²) in [4.78, 5) is 0. The predicted octanol–water partition coefficient (Wildman–Crippen LogP) is 12.0. The molecule has 9 aromatic rings. The Morgan fingerprint density at radius 2 is 1.53 bits per heavy atom. The maximum Gasteiger partial charge on any atom is 0.153 e. The van der Waals surface area contributed by atoms with Gasteiger partial charge in [-0.2, -0.15) is 0 Å².